The summed E-state index contributed by atoms with van der Waals surface area (Å²) in [6, 6.07) is 16.5. The Morgan fingerprint density at radius 1 is 1.00 bits per heavy atom. The smallest absolute Gasteiger partial charge is 0.186 e. The van der Waals surface area contributed by atoms with Gasteiger partial charge in [0.25, 0.3) is 0 Å². The number of phenols is 1. The standard InChI is InChI=1S/C25H28N2O9S/c1-34-25-24(23(31)22(30)20(14-28)36-25)35-11-12-37(32,33)17-7-4-6-16(13-17)26-27-21-18-8-3-2-5-15(18)9-10-19(21)29/h2-10,13,20,22-25,28-31H,11-12,14H2,1H3/t20-,22-,23+,24-,25+/m1/s1. The van der Waals surface area contributed by atoms with Crippen molar-refractivity contribution in [3.63, 3.8) is 0 Å². The molecule has 4 rings (SSSR count). The summed E-state index contributed by atoms with van der Waals surface area (Å²) >= 11 is 0. The summed E-state index contributed by atoms with van der Waals surface area (Å²) in [6.07, 6.45) is -6.20. The fraction of sp³-hybridized carbons (Fsp3) is 0.360. The maximum Gasteiger partial charge on any atom is 0.186 e. The molecule has 0 amide bonds. The van der Waals surface area contributed by atoms with E-state index in [4.69, 9.17) is 14.2 Å². The molecular formula is C25H28N2O9S. The number of aliphatic hydroxyl groups excluding tert-OH is 3. The van der Waals surface area contributed by atoms with Crippen LogP contribution in [0.5, 0.6) is 5.75 Å². The van der Waals surface area contributed by atoms with Gasteiger partial charge in [0, 0.05) is 12.5 Å². The number of benzene rings is 3. The van der Waals surface area contributed by atoms with Gasteiger partial charge in [-0.25, -0.2) is 8.42 Å². The third-order valence-corrected chi connectivity index (χ3v) is 7.72. The highest BCUT2D eigenvalue weighted by Gasteiger charge is 2.45. The summed E-state index contributed by atoms with van der Waals surface area (Å²) in [4.78, 5) is -0.0150. The lowest BCUT2D eigenvalue weighted by Gasteiger charge is -2.41. The fourth-order valence-electron chi connectivity index (χ4n) is 4.03. The van der Waals surface area contributed by atoms with Gasteiger partial charge in [-0.3, -0.25) is 0 Å². The molecule has 0 bridgehead atoms. The number of rotatable bonds is 9. The normalized spacial score (nSPS) is 24.6. The van der Waals surface area contributed by atoms with Crippen LogP contribution >= 0.6 is 0 Å². The van der Waals surface area contributed by atoms with Crippen LogP contribution in [0.25, 0.3) is 10.8 Å². The van der Waals surface area contributed by atoms with Crippen molar-refractivity contribution in [3.8, 4) is 5.75 Å². The number of sulfone groups is 1. The van der Waals surface area contributed by atoms with Gasteiger partial charge >= 0.3 is 0 Å². The highest BCUT2D eigenvalue weighted by atomic mass is 32.2. The lowest BCUT2D eigenvalue weighted by atomic mass is 9.99. The third-order valence-electron chi connectivity index (χ3n) is 6.04. The molecule has 0 unspecified atom stereocenters. The van der Waals surface area contributed by atoms with Gasteiger partial charge in [0.05, 0.1) is 29.5 Å². The first-order chi connectivity index (χ1) is 17.7. The summed E-state index contributed by atoms with van der Waals surface area (Å²) in [5, 5.41) is 49.8. The van der Waals surface area contributed by atoms with Crippen LogP contribution in [0.3, 0.4) is 0 Å². The molecule has 0 radical (unpaired) electrons. The van der Waals surface area contributed by atoms with Crippen LogP contribution < -0.4 is 0 Å². The second-order valence-electron chi connectivity index (χ2n) is 8.45. The number of aromatic hydroxyl groups is 1. The quantitative estimate of drug-likeness (QED) is 0.302. The van der Waals surface area contributed by atoms with Crippen molar-refractivity contribution in [3.05, 3.63) is 60.7 Å². The van der Waals surface area contributed by atoms with Gasteiger partial charge in [-0.15, -0.1) is 5.11 Å². The Bertz CT molecular complexity index is 1360. The number of hydrogen-bond donors (Lipinski definition) is 4. The lowest BCUT2D eigenvalue weighted by molar-refractivity contribution is -0.302. The van der Waals surface area contributed by atoms with E-state index in [1.807, 2.05) is 18.2 Å². The van der Waals surface area contributed by atoms with Gasteiger partial charge in [-0.05, 0) is 29.7 Å². The first-order valence-electron chi connectivity index (χ1n) is 11.5. The van der Waals surface area contributed by atoms with Gasteiger partial charge in [-0.2, -0.15) is 5.11 Å². The van der Waals surface area contributed by atoms with Crippen molar-refractivity contribution in [2.24, 2.45) is 10.2 Å². The number of azo groups is 1. The highest BCUT2D eigenvalue weighted by Crippen LogP contribution is 2.36. The van der Waals surface area contributed by atoms with Gasteiger partial charge < -0.3 is 34.6 Å². The van der Waals surface area contributed by atoms with Gasteiger partial charge in [0.15, 0.2) is 16.1 Å². The molecule has 11 nitrogen and oxygen atoms in total. The summed E-state index contributed by atoms with van der Waals surface area (Å²) in [6.45, 7) is -0.855. The second-order valence-corrected chi connectivity index (χ2v) is 10.6. The topological polar surface area (TPSA) is 167 Å². The average Bonchev–Trinajstić information content (AvgIpc) is 2.90. The van der Waals surface area contributed by atoms with Crippen LogP contribution in [0.1, 0.15) is 0 Å². The predicted octanol–water partition coefficient (Wildman–Crippen LogP) is 2.21. The molecule has 1 aliphatic rings. The van der Waals surface area contributed by atoms with Crippen LogP contribution in [-0.2, 0) is 24.0 Å². The maximum absolute atomic E-state index is 12.9. The van der Waals surface area contributed by atoms with Crippen LogP contribution in [0.2, 0.25) is 0 Å². The van der Waals surface area contributed by atoms with E-state index in [9.17, 15) is 28.8 Å². The molecule has 198 valence electrons. The van der Waals surface area contributed by atoms with E-state index >= 15 is 0 Å². The molecule has 1 fully saturated rings. The van der Waals surface area contributed by atoms with Crippen molar-refractivity contribution >= 4 is 32.0 Å². The summed E-state index contributed by atoms with van der Waals surface area (Å²) in [7, 11) is -2.52. The van der Waals surface area contributed by atoms with Crippen LogP contribution in [0.15, 0.2) is 75.8 Å². The van der Waals surface area contributed by atoms with Crippen molar-refractivity contribution in [2.75, 3.05) is 26.1 Å². The zero-order chi connectivity index (χ0) is 26.6. The highest BCUT2D eigenvalue weighted by molar-refractivity contribution is 7.91. The molecule has 12 heteroatoms. The minimum atomic E-state index is -3.82. The van der Waals surface area contributed by atoms with E-state index in [1.165, 1.54) is 31.4 Å². The Kier molecular flexibility index (Phi) is 8.49. The minimum absolute atomic E-state index is 0.0150. The van der Waals surface area contributed by atoms with Crippen LogP contribution in [0, 0.1) is 0 Å². The Labute approximate surface area is 213 Å². The molecule has 1 heterocycles. The molecule has 1 saturated heterocycles. The number of fused-ring (bicyclic) bond motifs is 1. The number of hydrogen-bond acceptors (Lipinski definition) is 11. The molecule has 0 saturated carbocycles. The molecule has 0 aromatic heterocycles. The SMILES string of the molecule is CO[C@H]1O[C@H](CO)[C@@H](O)[C@H](O)[C@H]1OCCS(=O)(=O)c1cccc(N=Nc2c(O)ccc3ccccc23)c1. The summed E-state index contributed by atoms with van der Waals surface area (Å²) in [5.41, 5.74) is 0.536. The second kappa shape index (κ2) is 11.6. The molecule has 1 aliphatic heterocycles. The largest absolute Gasteiger partial charge is 0.506 e. The van der Waals surface area contributed by atoms with E-state index in [1.54, 1.807) is 18.2 Å². The van der Waals surface area contributed by atoms with E-state index in [-0.39, 0.29) is 28.6 Å². The Morgan fingerprint density at radius 2 is 1.78 bits per heavy atom. The lowest BCUT2D eigenvalue weighted by Crippen LogP contribution is -2.60. The molecule has 0 spiro atoms. The van der Waals surface area contributed by atoms with Crippen molar-refractivity contribution < 1.29 is 43.1 Å². The number of phenolic OH excluding ortho intramolecular Hbond substituents is 1. The van der Waals surface area contributed by atoms with Crippen LogP contribution in [-0.4, -0.2) is 85.6 Å². The fourth-order valence-corrected chi connectivity index (χ4v) is 5.17. The summed E-state index contributed by atoms with van der Waals surface area (Å²) in [5.74, 6) is -0.487. The van der Waals surface area contributed by atoms with Gasteiger partial charge in [0.1, 0.15) is 35.9 Å². The number of methoxy groups -OCH3 is 1. The van der Waals surface area contributed by atoms with Crippen molar-refractivity contribution in [1.29, 1.82) is 0 Å². The zero-order valence-electron chi connectivity index (χ0n) is 19.9. The number of nitrogens with zero attached hydrogens (tertiary/aromatic N) is 2. The molecule has 3 aromatic carbocycles. The third kappa shape index (κ3) is 5.96. The Morgan fingerprint density at radius 3 is 2.54 bits per heavy atom. The van der Waals surface area contributed by atoms with Gasteiger partial charge in [-0.1, -0.05) is 36.4 Å². The molecule has 0 aliphatic carbocycles. The minimum Gasteiger partial charge on any atom is -0.506 e. The van der Waals surface area contributed by atoms with E-state index in [0.717, 1.165) is 5.39 Å². The van der Waals surface area contributed by atoms with Crippen molar-refractivity contribution in [2.45, 2.75) is 35.6 Å². The maximum atomic E-state index is 12.9. The van der Waals surface area contributed by atoms with Gasteiger partial charge in [0.2, 0.25) is 0 Å². The Hall–Kier alpha value is -2.97. The first kappa shape index (κ1) is 27.1. The average molecular weight is 533 g/mol. The molecule has 37 heavy (non-hydrogen) atoms. The van der Waals surface area contributed by atoms with Crippen molar-refractivity contribution in [1.82, 2.24) is 0 Å². The van der Waals surface area contributed by atoms with E-state index in [2.05, 4.69) is 10.2 Å². The molecule has 5 atom stereocenters. The van der Waals surface area contributed by atoms with E-state index < -0.39 is 52.9 Å². The monoisotopic (exact) mass is 532 g/mol. The predicted molar refractivity (Wildman–Crippen MR) is 133 cm³/mol. The first-order valence-corrected chi connectivity index (χ1v) is 13.1. The zero-order valence-corrected chi connectivity index (χ0v) is 20.7. The number of ether oxygens (including phenoxy) is 3. The van der Waals surface area contributed by atoms with Crippen LogP contribution in [0.4, 0.5) is 11.4 Å². The number of aliphatic hydroxyl groups is 3. The Balaban J connectivity index is 1.46. The molecule has 3 aromatic rings. The molecule has 4 N–H and O–H groups in total. The van der Waals surface area contributed by atoms with E-state index in [0.29, 0.717) is 5.39 Å². The summed E-state index contributed by atoms with van der Waals surface area (Å²) < 4.78 is 41.8. The molecular weight excluding hydrogens is 504 g/mol.